The number of aromatic nitrogens is 3. The lowest BCUT2D eigenvalue weighted by atomic mass is 10.1. The first-order valence-electron chi connectivity index (χ1n) is 5.58. The number of rotatable bonds is 3. The Labute approximate surface area is 100 Å². The first-order valence-corrected chi connectivity index (χ1v) is 7.30. The fourth-order valence-corrected chi connectivity index (χ4v) is 4.38. The Hall–Kier alpha value is -0.990. The molecule has 3 N–H and O–H groups in total. The molecule has 96 valence electrons. The van der Waals surface area contributed by atoms with E-state index in [0.717, 1.165) is 12.8 Å². The maximum absolute atomic E-state index is 12.0. The van der Waals surface area contributed by atoms with E-state index >= 15 is 0 Å². The van der Waals surface area contributed by atoms with Crippen molar-refractivity contribution in [3.8, 4) is 0 Å². The molecular weight excluding hydrogens is 242 g/mol. The third-order valence-corrected chi connectivity index (χ3v) is 5.54. The molecule has 17 heavy (non-hydrogen) atoms. The van der Waals surface area contributed by atoms with E-state index in [4.69, 9.17) is 5.84 Å². The van der Waals surface area contributed by atoms with Gasteiger partial charge in [-0.2, -0.15) is 0 Å². The highest BCUT2D eigenvalue weighted by molar-refractivity contribution is 7.92. The van der Waals surface area contributed by atoms with Crippen molar-refractivity contribution in [3.63, 3.8) is 0 Å². The standard InChI is InChI=1S/C9H17N5O2S/c1-14-7(6-11-13-14)9(12-10)8-4-2-3-5-17(8,15)16/h6,8-9,12H,2-5,10H2,1H3. The Balaban J connectivity index is 2.33. The average molecular weight is 259 g/mol. The first-order chi connectivity index (χ1) is 8.06. The Morgan fingerprint density at radius 2 is 2.35 bits per heavy atom. The van der Waals surface area contributed by atoms with Crippen LogP contribution in [0.15, 0.2) is 6.20 Å². The van der Waals surface area contributed by atoms with E-state index in [1.165, 1.54) is 0 Å². The predicted molar refractivity (Wildman–Crippen MR) is 62.5 cm³/mol. The minimum Gasteiger partial charge on any atom is -0.271 e. The summed E-state index contributed by atoms with van der Waals surface area (Å²) in [6.45, 7) is 0. The quantitative estimate of drug-likeness (QED) is 0.549. The van der Waals surface area contributed by atoms with Crippen molar-refractivity contribution in [2.24, 2.45) is 12.9 Å². The Bertz CT molecular complexity index is 483. The van der Waals surface area contributed by atoms with Crippen LogP contribution in [-0.4, -0.2) is 34.4 Å². The highest BCUT2D eigenvalue weighted by Crippen LogP contribution is 2.29. The van der Waals surface area contributed by atoms with Crippen molar-refractivity contribution in [2.75, 3.05) is 5.75 Å². The third kappa shape index (κ3) is 2.33. The van der Waals surface area contributed by atoms with Crippen molar-refractivity contribution in [1.82, 2.24) is 20.4 Å². The van der Waals surface area contributed by atoms with Crippen LogP contribution in [0, 0.1) is 0 Å². The molecule has 2 heterocycles. The summed E-state index contributed by atoms with van der Waals surface area (Å²) in [6.07, 6.45) is 3.82. The molecule has 2 atom stereocenters. The van der Waals surface area contributed by atoms with E-state index in [9.17, 15) is 8.42 Å². The second-order valence-corrected chi connectivity index (χ2v) is 6.67. The van der Waals surface area contributed by atoms with Crippen LogP contribution in [0.1, 0.15) is 31.0 Å². The number of hydrogen-bond donors (Lipinski definition) is 2. The molecule has 7 nitrogen and oxygen atoms in total. The smallest absolute Gasteiger partial charge is 0.155 e. The molecule has 0 radical (unpaired) electrons. The average Bonchev–Trinajstić information content (AvgIpc) is 2.68. The number of hydrogen-bond acceptors (Lipinski definition) is 6. The summed E-state index contributed by atoms with van der Waals surface area (Å²) in [5.41, 5.74) is 3.29. The highest BCUT2D eigenvalue weighted by Gasteiger charge is 2.37. The minimum absolute atomic E-state index is 0.237. The molecule has 8 heteroatoms. The molecule has 1 saturated heterocycles. The van der Waals surface area contributed by atoms with Gasteiger partial charge in [0.2, 0.25) is 0 Å². The number of hydrazine groups is 1. The third-order valence-electron chi connectivity index (χ3n) is 3.25. The molecule has 0 amide bonds. The van der Waals surface area contributed by atoms with E-state index in [1.807, 2.05) is 0 Å². The first kappa shape index (κ1) is 12.5. The zero-order chi connectivity index (χ0) is 12.5. The number of sulfone groups is 1. The van der Waals surface area contributed by atoms with Crippen molar-refractivity contribution >= 4 is 9.84 Å². The highest BCUT2D eigenvalue weighted by atomic mass is 32.2. The predicted octanol–water partition coefficient (Wildman–Crippen LogP) is -0.713. The number of aryl methyl sites for hydroxylation is 1. The van der Waals surface area contributed by atoms with E-state index < -0.39 is 21.1 Å². The zero-order valence-corrected chi connectivity index (χ0v) is 10.5. The summed E-state index contributed by atoms with van der Waals surface area (Å²) < 4.78 is 25.6. The largest absolute Gasteiger partial charge is 0.271 e. The maximum atomic E-state index is 12.0. The van der Waals surface area contributed by atoms with Crippen LogP contribution < -0.4 is 11.3 Å². The van der Waals surface area contributed by atoms with Gasteiger partial charge in [0.1, 0.15) is 0 Å². The van der Waals surface area contributed by atoms with Crippen LogP contribution in [0.5, 0.6) is 0 Å². The molecule has 1 aromatic heterocycles. The second kappa shape index (κ2) is 4.71. The second-order valence-electron chi connectivity index (χ2n) is 4.33. The van der Waals surface area contributed by atoms with Crippen molar-refractivity contribution in [2.45, 2.75) is 30.6 Å². The molecule has 1 aliphatic rings. The van der Waals surface area contributed by atoms with Crippen molar-refractivity contribution in [3.05, 3.63) is 11.9 Å². The minimum atomic E-state index is -3.09. The molecule has 1 fully saturated rings. The number of nitrogens with zero attached hydrogens (tertiary/aromatic N) is 3. The molecule has 2 unspecified atom stereocenters. The summed E-state index contributed by atoms with van der Waals surface area (Å²) in [7, 11) is -1.36. The normalized spacial score (nSPS) is 25.6. The van der Waals surface area contributed by atoms with Crippen molar-refractivity contribution < 1.29 is 8.42 Å². The van der Waals surface area contributed by atoms with E-state index in [2.05, 4.69) is 15.7 Å². The summed E-state index contributed by atoms with van der Waals surface area (Å²) in [5, 5.41) is 7.07. The van der Waals surface area contributed by atoms with Gasteiger partial charge in [-0.05, 0) is 12.8 Å². The van der Waals surface area contributed by atoms with Gasteiger partial charge in [0.25, 0.3) is 0 Å². The van der Waals surface area contributed by atoms with E-state index in [-0.39, 0.29) is 5.75 Å². The molecular formula is C9H17N5O2S. The summed E-state index contributed by atoms with van der Waals surface area (Å²) >= 11 is 0. The van der Waals surface area contributed by atoms with Gasteiger partial charge in [0.05, 0.1) is 28.9 Å². The molecule has 1 aromatic rings. The number of nitrogens with one attached hydrogen (secondary N) is 1. The Morgan fingerprint density at radius 3 is 2.88 bits per heavy atom. The SMILES string of the molecule is Cn1nncc1C(NN)C1CCCCS1(=O)=O. The fourth-order valence-electron chi connectivity index (χ4n) is 2.32. The van der Waals surface area contributed by atoms with Gasteiger partial charge < -0.3 is 0 Å². The van der Waals surface area contributed by atoms with Gasteiger partial charge in [-0.25, -0.2) is 8.42 Å². The van der Waals surface area contributed by atoms with Crippen LogP contribution in [0.4, 0.5) is 0 Å². The van der Waals surface area contributed by atoms with E-state index in [0.29, 0.717) is 12.1 Å². The van der Waals surface area contributed by atoms with Gasteiger partial charge in [0, 0.05) is 7.05 Å². The van der Waals surface area contributed by atoms with Gasteiger partial charge in [-0.15, -0.1) is 5.10 Å². The van der Waals surface area contributed by atoms with Gasteiger partial charge in [-0.1, -0.05) is 11.6 Å². The van der Waals surface area contributed by atoms with Crippen LogP contribution in [0.3, 0.4) is 0 Å². The van der Waals surface area contributed by atoms with Gasteiger partial charge >= 0.3 is 0 Å². The molecule has 1 aliphatic heterocycles. The lowest BCUT2D eigenvalue weighted by molar-refractivity contribution is 0.434. The molecule has 0 aromatic carbocycles. The molecule has 0 aliphatic carbocycles. The zero-order valence-electron chi connectivity index (χ0n) is 9.70. The Kier molecular flexibility index (Phi) is 3.45. The summed E-state index contributed by atoms with van der Waals surface area (Å²) in [4.78, 5) is 0. The van der Waals surface area contributed by atoms with Crippen LogP contribution in [0.2, 0.25) is 0 Å². The topological polar surface area (TPSA) is 103 Å². The molecule has 0 spiro atoms. The van der Waals surface area contributed by atoms with Crippen molar-refractivity contribution in [1.29, 1.82) is 0 Å². The molecule has 2 rings (SSSR count). The maximum Gasteiger partial charge on any atom is 0.155 e. The molecule has 0 saturated carbocycles. The van der Waals surface area contributed by atoms with Gasteiger partial charge in [0.15, 0.2) is 9.84 Å². The summed E-state index contributed by atoms with van der Waals surface area (Å²) in [6, 6.07) is -0.444. The monoisotopic (exact) mass is 259 g/mol. The van der Waals surface area contributed by atoms with E-state index in [1.54, 1.807) is 17.9 Å². The lowest BCUT2D eigenvalue weighted by Crippen LogP contribution is -2.44. The summed E-state index contributed by atoms with van der Waals surface area (Å²) in [5.74, 6) is 5.74. The number of nitrogens with two attached hydrogens (primary N) is 1. The van der Waals surface area contributed by atoms with Gasteiger partial charge in [-0.3, -0.25) is 16.0 Å². The fraction of sp³-hybridized carbons (Fsp3) is 0.778. The van der Waals surface area contributed by atoms with Crippen LogP contribution in [0.25, 0.3) is 0 Å². The van der Waals surface area contributed by atoms with Crippen LogP contribution in [-0.2, 0) is 16.9 Å². The lowest BCUT2D eigenvalue weighted by Gasteiger charge is -2.29. The van der Waals surface area contributed by atoms with Crippen LogP contribution >= 0.6 is 0 Å². The molecule has 0 bridgehead atoms. The Morgan fingerprint density at radius 1 is 1.59 bits per heavy atom.